The average Bonchev–Trinajstić information content (AvgIpc) is 2.37. The minimum absolute atomic E-state index is 0.550. The van der Waals surface area contributed by atoms with E-state index >= 15 is 0 Å². The van der Waals surface area contributed by atoms with E-state index in [1.807, 2.05) is 24.9 Å². The van der Waals surface area contributed by atoms with Crippen LogP contribution >= 0.6 is 23.4 Å². The Labute approximate surface area is 120 Å². The van der Waals surface area contributed by atoms with Crippen LogP contribution in [0, 0.1) is 0 Å². The molecule has 0 aliphatic rings. The molecule has 0 radical (unpaired) electrons. The van der Waals surface area contributed by atoms with Crippen LogP contribution in [0.1, 0.15) is 18.9 Å². The van der Waals surface area contributed by atoms with Gasteiger partial charge in [0.1, 0.15) is 0 Å². The second-order valence-corrected chi connectivity index (χ2v) is 5.78. The summed E-state index contributed by atoms with van der Waals surface area (Å²) in [4.78, 5) is 2.36. The Kier molecular flexibility index (Phi) is 6.90. The number of nitrogens with zero attached hydrogens (tertiary/aromatic N) is 1. The van der Waals surface area contributed by atoms with Gasteiger partial charge in [-0.1, -0.05) is 24.6 Å². The lowest BCUT2D eigenvalue weighted by Crippen LogP contribution is -2.34. The standard InChI is InChI=1S/C14H23ClN2S/c1-5-13(10-18-4)17(3)14-8-12(15)7-6-11(14)9-16-2/h6-8,13,16H,5,9-10H2,1-4H3. The second kappa shape index (κ2) is 7.93. The van der Waals surface area contributed by atoms with Gasteiger partial charge in [0.15, 0.2) is 0 Å². The molecule has 18 heavy (non-hydrogen) atoms. The number of benzene rings is 1. The third kappa shape index (κ3) is 4.08. The first kappa shape index (κ1) is 15.7. The lowest BCUT2D eigenvalue weighted by molar-refractivity contribution is 0.667. The summed E-state index contributed by atoms with van der Waals surface area (Å²) in [6, 6.07) is 6.68. The first-order valence-electron chi connectivity index (χ1n) is 6.28. The highest BCUT2D eigenvalue weighted by atomic mass is 35.5. The maximum atomic E-state index is 6.13. The van der Waals surface area contributed by atoms with Crippen molar-refractivity contribution in [2.45, 2.75) is 25.9 Å². The normalized spacial score (nSPS) is 12.5. The molecule has 2 nitrogen and oxygen atoms in total. The third-order valence-corrected chi connectivity index (χ3v) is 4.13. The van der Waals surface area contributed by atoms with Crippen molar-refractivity contribution in [1.82, 2.24) is 5.32 Å². The molecule has 1 aromatic rings. The van der Waals surface area contributed by atoms with Crippen molar-refractivity contribution in [2.24, 2.45) is 0 Å². The van der Waals surface area contributed by atoms with Crippen LogP contribution < -0.4 is 10.2 Å². The van der Waals surface area contributed by atoms with Crippen LogP contribution in [0.25, 0.3) is 0 Å². The highest BCUT2D eigenvalue weighted by Crippen LogP contribution is 2.27. The van der Waals surface area contributed by atoms with E-state index in [0.717, 1.165) is 23.7 Å². The van der Waals surface area contributed by atoms with Gasteiger partial charge in [-0.15, -0.1) is 0 Å². The summed E-state index contributed by atoms with van der Waals surface area (Å²) in [5, 5.41) is 4.01. The molecule has 0 aliphatic heterocycles. The van der Waals surface area contributed by atoms with E-state index in [4.69, 9.17) is 11.6 Å². The van der Waals surface area contributed by atoms with Gasteiger partial charge in [-0.3, -0.25) is 0 Å². The Balaban J connectivity index is 3.00. The van der Waals surface area contributed by atoms with Crippen LogP contribution in [0.5, 0.6) is 0 Å². The van der Waals surface area contributed by atoms with Crippen molar-refractivity contribution < 1.29 is 0 Å². The summed E-state index contributed by atoms with van der Waals surface area (Å²) in [6.45, 7) is 3.10. The predicted octanol–water partition coefficient (Wildman–Crippen LogP) is 3.64. The van der Waals surface area contributed by atoms with Gasteiger partial charge in [0.25, 0.3) is 0 Å². The van der Waals surface area contributed by atoms with Crippen molar-refractivity contribution >= 4 is 29.1 Å². The molecule has 0 spiro atoms. The maximum absolute atomic E-state index is 6.13. The zero-order valence-corrected chi connectivity index (χ0v) is 13.2. The van der Waals surface area contributed by atoms with E-state index in [2.05, 4.69) is 42.6 Å². The summed E-state index contributed by atoms with van der Waals surface area (Å²) in [5.41, 5.74) is 2.53. The molecule has 1 unspecified atom stereocenters. The summed E-state index contributed by atoms with van der Waals surface area (Å²) >= 11 is 8.02. The van der Waals surface area contributed by atoms with Crippen LogP contribution in [0.15, 0.2) is 18.2 Å². The largest absolute Gasteiger partial charge is 0.370 e. The number of hydrogen-bond donors (Lipinski definition) is 1. The molecule has 0 bridgehead atoms. The van der Waals surface area contributed by atoms with E-state index < -0.39 is 0 Å². The van der Waals surface area contributed by atoms with Gasteiger partial charge in [-0.05, 0) is 37.4 Å². The monoisotopic (exact) mass is 286 g/mol. The van der Waals surface area contributed by atoms with E-state index in [-0.39, 0.29) is 0 Å². The summed E-state index contributed by atoms with van der Waals surface area (Å²) < 4.78 is 0. The van der Waals surface area contributed by atoms with E-state index in [0.29, 0.717) is 6.04 Å². The van der Waals surface area contributed by atoms with E-state index in [1.54, 1.807) is 0 Å². The van der Waals surface area contributed by atoms with Gasteiger partial charge in [0, 0.05) is 36.1 Å². The molecular weight excluding hydrogens is 264 g/mol. The molecule has 0 saturated heterocycles. The highest BCUT2D eigenvalue weighted by molar-refractivity contribution is 7.98. The molecular formula is C14H23ClN2S. The van der Waals surface area contributed by atoms with Crippen LogP contribution in [0.4, 0.5) is 5.69 Å². The van der Waals surface area contributed by atoms with Crippen molar-refractivity contribution in [3.63, 3.8) is 0 Å². The van der Waals surface area contributed by atoms with Gasteiger partial charge in [-0.25, -0.2) is 0 Å². The molecule has 0 saturated carbocycles. The Hall–Kier alpha value is -0.380. The molecule has 4 heteroatoms. The summed E-state index contributed by atoms with van der Waals surface area (Å²) in [5.74, 6) is 1.14. The first-order chi connectivity index (χ1) is 8.63. The maximum Gasteiger partial charge on any atom is 0.0426 e. The highest BCUT2D eigenvalue weighted by Gasteiger charge is 2.15. The molecule has 0 aliphatic carbocycles. The molecule has 1 atom stereocenters. The minimum Gasteiger partial charge on any atom is -0.370 e. The summed E-state index contributed by atoms with van der Waals surface area (Å²) in [7, 11) is 4.13. The topological polar surface area (TPSA) is 15.3 Å². The number of rotatable bonds is 7. The minimum atomic E-state index is 0.550. The van der Waals surface area contributed by atoms with Gasteiger partial charge in [0.2, 0.25) is 0 Å². The Morgan fingerprint density at radius 2 is 2.17 bits per heavy atom. The SMILES string of the molecule is CCC(CSC)N(C)c1cc(Cl)ccc1CNC. The van der Waals surface area contributed by atoms with Crippen molar-refractivity contribution in [1.29, 1.82) is 0 Å². The van der Waals surface area contributed by atoms with Crippen LogP contribution in [0.3, 0.4) is 0 Å². The fraction of sp³-hybridized carbons (Fsp3) is 0.571. The lowest BCUT2D eigenvalue weighted by Gasteiger charge is -2.31. The van der Waals surface area contributed by atoms with E-state index in [1.165, 1.54) is 11.3 Å². The number of nitrogens with one attached hydrogen (secondary N) is 1. The van der Waals surface area contributed by atoms with Crippen LogP contribution in [0.2, 0.25) is 5.02 Å². The molecule has 0 amide bonds. The molecule has 102 valence electrons. The smallest absolute Gasteiger partial charge is 0.0426 e. The van der Waals surface area contributed by atoms with Crippen molar-refractivity contribution in [2.75, 3.05) is 31.0 Å². The summed E-state index contributed by atoms with van der Waals surface area (Å²) in [6.07, 6.45) is 3.30. The fourth-order valence-corrected chi connectivity index (χ4v) is 3.11. The Bertz CT molecular complexity index is 371. The number of thioether (sulfide) groups is 1. The second-order valence-electron chi connectivity index (χ2n) is 4.43. The van der Waals surface area contributed by atoms with Gasteiger partial charge >= 0.3 is 0 Å². The molecule has 1 N–H and O–H groups in total. The lowest BCUT2D eigenvalue weighted by atomic mass is 10.1. The Morgan fingerprint density at radius 1 is 1.44 bits per heavy atom. The molecule has 0 aromatic heterocycles. The van der Waals surface area contributed by atoms with Crippen molar-refractivity contribution in [3.05, 3.63) is 28.8 Å². The zero-order valence-electron chi connectivity index (χ0n) is 11.7. The molecule has 1 aromatic carbocycles. The number of halogens is 1. The van der Waals surface area contributed by atoms with Crippen molar-refractivity contribution in [3.8, 4) is 0 Å². The van der Waals surface area contributed by atoms with Gasteiger partial charge in [0.05, 0.1) is 0 Å². The van der Waals surface area contributed by atoms with Gasteiger partial charge < -0.3 is 10.2 Å². The molecule has 1 rings (SSSR count). The average molecular weight is 287 g/mol. The number of anilines is 1. The first-order valence-corrected chi connectivity index (χ1v) is 8.06. The quantitative estimate of drug-likeness (QED) is 0.824. The zero-order chi connectivity index (χ0) is 13.5. The van der Waals surface area contributed by atoms with E-state index in [9.17, 15) is 0 Å². The number of hydrogen-bond acceptors (Lipinski definition) is 3. The fourth-order valence-electron chi connectivity index (χ4n) is 2.10. The van der Waals surface area contributed by atoms with Crippen LogP contribution in [-0.2, 0) is 6.54 Å². The molecule has 0 fully saturated rings. The predicted molar refractivity (Wildman–Crippen MR) is 85.1 cm³/mol. The van der Waals surface area contributed by atoms with Crippen LogP contribution in [-0.4, -0.2) is 32.1 Å². The third-order valence-electron chi connectivity index (χ3n) is 3.17. The van der Waals surface area contributed by atoms with Gasteiger partial charge in [-0.2, -0.15) is 11.8 Å². The Morgan fingerprint density at radius 3 is 2.72 bits per heavy atom. The molecule has 0 heterocycles.